The summed E-state index contributed by atoms with van der Waals surface area (Å²) in [5.74, 6) is -0.555. The standard InChI is InChI=1S/C11H11BrN4O/c1-7-10(11(13)17)14-15-16(7)6-8-4-2-3-5-9(8)12/h2-5H,6H2,1H3,(H2,13,17). The normalized spacial score (nSPS) is 10.5. The van der Waals surface area contributed by atoms with Gasteiger partial charge in [0.25, 0.3) is 5.91 Å². The second-order valence-corrected chi connectivity index (χ2v) is 4.49. The molecule has 6 heteroatoms. The van der Waals surface area contributed by atoms with E-state index in [1.54, 1.807) is 11.6 Å². The van der Waals surface area contributed by atoms with Gasteiger partial charge in [-0.2, -0.15) is 0 Å². The van der Waals surface area contributed by atoms with Gasteiger partial charge in [0.2, 0.25) is 0 Å². The molecule has 2 N–H and O–H groups in total. The molecule has 0 spiro atoms. The quantitative estimate of drug-likeness (QED) is 0.932. The lowest BCUT2D eigenvalue weighted by Gasteiger charge is -2.05. The van der Waals surface area contributed by atoms with Crippen molar-refractivity contribution in [3.63, 3.8) is 0 Å². The summed E-state index contributed by atoms with van der Waals surface area (Å²) in [7, 11) is 0. The molecule has 0 saturated carbocycles. The average Bonchev–Trinajstić information content (AvgIpc) is 2.64. The molecule has 1 aromatic carbocycles. The Morgan fingerprint density at radius 3 is 2.76 bits per heavy atom. The maximum Gasteiger partial charge on any atom is 0.271 e. The third-order valence-electron chi connectivity index (χ3n) is 2.49. The predicted octanol–water partition coefficient (Wildman–Crippen LogP) is 1.50. The Kier molecular flexibility index (Phi) is 3.23. The Morgan fingerprint density at radius 2 is 2.18 bits per heavy atom. The van der Waals surface area contributed by atoms with Crippen LogP contribution in [0.5, 0.6) is 0 Å². The molecule has 88 valence electrons. The smallest absolute Gasteiger partial charge is 0.271 e. The van der Waals surface area contributed by atoms with E-state index in [0.717, 1.165) is 10.0 Å². The summed E-state index contributed by atoms with van der Waals surface area (Å²) in [5, 5.41) is 7.68. The van der Waals surface area contributed by atoms with Crippen molar-refractivity contribution in [2.24, 2.45) is 5.73 Å². The Hall–Kier alpha value is -1.69. The van der Waals surface area contributed by atoms with Crippen molar-refractivity contribution in [2.45, 2.75) is 13.5 Å². The lowest BCUT2D eigenvalue weighted by Crippen LogP contribution is -2.13. The minimum Gasteiger partial charge on any atom is -0.364 e. The molecule has 17 heavy (non-hydrogen) atoms. The van der Waals surface area contributed by atoms with Gasteiger partial charge in [0.05, 0.1) is 12.2 Å². The average molecular weight is 295 g/mol. The fourth-order valence-corrected chi connectivity index (χ4v) is 1.94. The second-order valence-electron chi connectivity index (χ2n) is 3.64. The maximum atomic E-state index is 11.1. The van der Waals surface area contributed by atoms with Gasteiger partial charge in [-0.15, -0.1) is 5.10 Å². The first-order chi connectivity index (χ1) is 8.09. The van der Waals surface area contributed by atoms with E-state index in [2.05, 4.69) is 26.2 Å². The molecule has 0 aliphatic heterocycles. The largest absolute Gasteiger partial charge is 0.364 e. The molecule has 0 bridgehead atoms. The van der Waals surface area contributed by atoms with E-state index in [1.165, 1.54) is 0 Å². The molecular formula is C11H11BrN4O. The first kappa shape index (κ1) is 11.8. The van der Waals surface area contributed by atoms with Crippen LogP contribution in [0.4, 0.5) is 0 Å². The molecule has 0 saturated heterocycles. The number of hydrogen-bond acceptors (Lipinski definition) is 3. The number of benzene rings is 1. The van der Waals surface area contributed by atoms with Crippen molar-refractivity contribution in [2.75, 3.05) is 0 Å². The van der Waals surface area contributed by atoms with Gasteiger partial charge in [-0.3, -0.25) is 4.79 Å². The Balaban J connectivity index is 2.31. The zero-order valence-corrected chi connectivity index (χ0v) is 10.8. The number of nitrogens with two attached hydrogens (primary N) is 1. The van der Waals surface area contributed by atoms with Crippen LogP contribution >= 0.6 is 15.9 Å². The van der Waals surface area contributed by atoms with Crippen LogP contribution in [0.1, 0.15) is 21.7 Å². The van der Waals surface area contributed by atoms with Gasteiger partial charge in [-0.1, -0.05) is 39.3 Å². The van der Waals surface area contributed by atoms with Gasteiger partial charge >= 0.3 is 0 Å². The molecule has 0 fully saturated rings. The highest BCUT2D eigenvalue weighted by Crippen LogP contribution is 2.17. The summed E-state index contributed by atoms with van der Waals surface area (Å²) in [4.78, 5) is 11.1. The van der Waals surface area contributed by atoms with Gasteiger partial charge in [-0.25, -0.2) is 4.68 Å². The maximum absolute atomic E-state index is 11.1. The second kappa shape index (κ2) is 4.67. The molecule has 0 aliphatic carbocycles. The summed E-state index contributed by atoms with van der Waals surface area (Å²) in [6.07, 6.45) is 0. The van der Waals surface area contributed by atoms with E-state index in [4.69, 9.17) is 5.73 Å². The Bertz CT molecular complexity index is 564. The number of rotatable bonds is 3. The first-order valence-corrected chi connectivity index (χ1v) is 5.82. The van der Waals surface area contributed by atoms with Crippen LogP contribution in [0.25, 0.3) is 0 Å². The lowest BCUT2D eigenvalue weighted by molar-refractivity contribution is 0.0995. The number of carbonyl (C=O) groups excluding carboxylic acids is 1. The zero-order chi connectivity index (χ0) is 12.4. The van der Waals surface area contributed by atoms with E-state index in [1.807, 2.05) is 24.3 Å². The van der Waals surface area contributed by atoms with Crippen LogP contribution in [-0.4, -0.2) is 20.9 Å². The fourth-order valence-electron chi connectivity index (χ4n) is 1.53. The molecule has 1 amide bonds. The topological polar surface area (TPSA) is 73.8 Å². The number of primary amides is 1. The van der Waals surface area contributed by atoms with Crippen LogP contribution in [0, 0.1) is 6.92 Å². The fraction of sp³-hybridized carbons (Fsp3) is 0.182. The molecule has 0 unspecified atom stereocenters. The molecule has 0 atom stereocenters. The van der Waals surface area contributed by atoms with Crippen molar-refractivity contribution in [3.8, 4) is 0 Å². The van der Waals surface area contributed by atoms with E-state index >= 15 is 0 Å². The number of amides is 1. The van der Waals surface area contributed by atoms with Crippen LogP contribution in [0.2, 0.25) is 0 Å². The van der Waals surface area contributed by atoms with Crippen molar-refractivity contribution in [3.05, 3.63) is 45.7 Å². The monoisotopic (exact) mass is 294 g/mol. The number of nitrogens with zero attached hydrogens (tertiary/aromatic N) is 3. The molecule has 1 heterocycles. The van der Waals surface area contributed by atoms with Gasteiger partial charge in [0, 0.05) is 4.47 Å². The molecule has 0 aliphatic rings. The Morgan fingerprint density at radius 1 is 1.47 bits per heavy atom. The summed E-state index contributed by atoms with van der Waals surface area (Å²) in [6, 6.07) is 7.82. The van der Waals surface area contributed by atoms with Crippen LogP contribution in [0.3, 0.4) is 0 Å². The van der Waals surface area contributed by atoms with Gasteiger partial charge in [0.15, 0.2) is 5.69 Å². The third-order valence-corrected chi connectivity index (χ3v) is 3.27. The van der Waals surface area contributed by atoms with Gasteiger partial charge < -0.3 is 5.73 Å². The third kappa shape index (κ3) is 2.36. The molecular weight excluding hydrogens is 284 g/mol. The minimum absolute atomic E-state index is 0.219. The SMILES string of the molecule is Cc1c(C(N)=O)nnn1Cc1ccccc1Br. The Labute approximate surface area is 107 Å². The molecule has 5 nitrogen and oxygen atoms in total. The summed E-state index contributed by atoms with van der Waals surface area (Å²) in [6.45, 7) is 2.32. The van der Waals surface area contributed by atoms with Crippen molar-refractivity contribution < 1.29 is 4.79 Å². The van der Waals surface area contributed by atoms with Gasteiger partial charge in [-0.05, 0) is 18.6 Å². The van der Waals surface area contributed by atoms with Crippen LogP contribution in [-0.2, 0) is 6.54 Å². The number of halogens is 1. The number of hydrogen-bond donors (Lipinski definition) is 1. The summed E-state index contributed by atoms with van der Waals surface area (Å²) >= 11 is 3.46. The van der Waals surface area contributed by atoms with Crippen molar-refractivity contribution >= 4 is 21.8 Å². The number of aromatic nitrogens is 3. The van der Waals surface area contributed by atoms with E-state index in [-0.39, 0.29) is 5.69 Å². The van der Waals surface area contributed by atoms with Gasteiger partial charge in [0.1, 0.15) is 0 Å². The number of carbonyl (C=O) groups is 1. The summed E-state index contributed by atoms with van der Waals surface area (Å²) < 4.78 is 2.65. The van der Waals surface area contributed by atoms with Crippen molar-refractivity contribution in [1.29, 1.82) is 0 Å². The predicted molar refractivity (Wildman–Crippen MR) is 66.5 cm³/mol. The van der Waals surface area contributed by atoms with Crippen molar-refractivity contribution in [1.82, 2.24) is 15.0 Å². The highest BCUT2D eigenvalue weighted by Gasteiger charge is 2.13. The van der Waals surface area contributed by atoms with Crippen LogP contribution in [0.15, 0.2) is 28.7 Å². The minimum atomic E-state index is -0.555. The zero-order valence-electron chi connectivity index (χ0n) is 9.22. The molecule has 0 radical (unpaired) electrons. The molecule has 2 aromatic rings. The van der Waals surface area contributed by atoms with E-state index in [9.17, 15) is 4.79 Å². The highest BCUT2D eigenvalue weighted by molar-refractivity contribution is 9.10. The first-order valence-electron chi connectivity index (χ1n) is 5.03. The molecule has 1 aromatic heterocycles. The van der Waals surface area contributed by atoms with E-state index < -0.39 is 5.91 Å². The lowest BCUT2D eigenvalue weighted by atomic mass is 10.2. The van der Waals surface area contributed by atoms with E-state index in [0.29, 0.717) is 12.2 Å². The molecule has 2 rings (SSSR count). The highest BCUT2D eigenvalue weighted by atomic mass is 79.9. The van der Waals surface area contributed by atoms with Crippen LogP contribution < -0.4 is 5.73 Å². The summed E-state index contributed by atoms with van der Waals surface area (Å²) in [5.41, 5.74) is 7.15.